The molecule has 0 aromatic heterocycles. The molecule has 1 N–H and O–H groups in total. The third-order valence-electron chi connectivity index (χ3n) is 5.77. The summed E-state index contributed by atoms with van der Waals surface area (Å²) in [7, 11) is 0. The van der Waals surface area contributed by atoms with Crippen LogP contribution in [-0.2, 0) is 13.0 Å². The summed E-state index contributed by atoms with van der Waals surface area (Å²) in [5.74, 6) is -0.0181. The van der Waals surface area contributed by atoms with Gasteiger partial charge in [0.05, 0.1) is 6.04 Å². The highest BCUT2D eigenvalue weighted by atomic mass is 16.1. The first-order chi connectivity index (χ1) is 14.1. The van der Waals surface area contributed by atoms with Crippen molar-refractivity contribution in [2.75, 3.05) is 11.4 Å². The molecule has 0 saturated carbocycles. The molecular formula is C26H28N2O. The number of hydrogen-bond donors (Lipinski definition) is 1. The van der Waals surface area contributed by atoms with E-state index in [1.165, 1.54) is 22.4 Å². The molecule has 0 bridgehead atoms. The summed E-state index contributed by atoms with van der Waals surface area (Å²) in [5, 5.41) is 3.17. The number of nitrogens with zero attached hydrogens (tertiary/aromatic N) is 1. The number of nitrogens with one attached hydrogen (secondary N) is 1. The Hall–Kier alpha value is -3.07. The Labute approximate surface area is 173 Å². The minimum atomic E-state index is -0.0181. The zero-order chi connectivity index (χ0) is 20.2. The maximum Gasteiger partial charge on any atom is 0.251 e. The van der Waals surface area contributed by atoms with E-state index in [4.69, 9.17) is 0 Å². The minimum Gasteiger partial charge on any atom is -0.367 e. The van der Waals surface area contributed by atoms with Crippen molar-refractivity contribution in [3.8, 4) is 0 Å². The van der Waals surface area contributed by atoms with E-state index in [2.05, 4.69) is 84.7 Å². The average Bonchev–Trinajstić information content (AvgIpc) is 3.16. The van der Waals surface area contributed by atoms with Gasteiger partial charge in [0.2, 0.25) is 0 Å². The molecule has 1 heterocycles. The first-order valence-electron chi connectivity index (χ1n) is 10.4. The molecule has 0 unspecified atom stereocenters. The van der Waals surface area contributed by atoms with Crippen molar-refractivity contribution in [1.29, 1.82) is 0 Å². The summed E-state index contributed by atoms with van der Waals surface area (Å²) in [5.41, 5.74) is 7.07. The lowest BCUT2D eigenvalue weighted by molar-refractivity contribution is 0.0935. The first kappa shape index (κ1) is 19.3. The molecule has 4 rings (SSSR count). The van der Waals surface area contributed by atoms with Gasteiger partial charge in [-0.3, -0.25) is 4.79 Å². The Kier molecular flexibility index (Phi) is 5.66. The molecule has 1 aliphatic heterocycles. The summed E-state index contributed by atoms with van der Waals surface area (Å²) in [6, 6.07) is 25.0. The van der Waals surface area contributed by atoms with Gasteiger partial charge in [-0.25, -0.2) is 0 Å². The van der Waals surface area contributed by atoms with Gasteiger partial charge in [0.25, 0.3) is 5.91 Å². The molecule has 0 radical (unpaired) electrons. The second kappa shape index (κ2) is 8.52. The van der Waals surface area contributed by atoms with Crippen molar-refractivity contribution in [1.82, 2.24) is 5.32 Å². The Morgan fingerprint density at radius 2 is 1.72 bits per heavy atom. The maximum absolute atomic E-state index is 12.8. The number of rotatable bonds is 6. The Morgan fingerprint density at radius 3 is 2.45 bits per heavy atom. The van der Waals surface area contributed by atoms with E-state index in [1.54, 1.807) is 0 Å². The smallest absolute Gasteiger partial charge is 0.251 e. The van der Waals surface area contributed by atoms with Gasteiger partial charge < -0.3 is 10.2 Å². The molecule has 29 heavy (non-hydrogen) atoms. The highest BCUT2D eigenvalue weighted by molar-refractivity contribution is 5.94. The normalized spacial score (nSPS) is 13.8. The van der Waals surface area contributed by atoms with Crippen LogP contribution in [0.1, 0.15) is 52.0 Å². The standard InChI is InChI=1S/C26H28N2O/c1-3-24(21-12-8-19(2)9-13-21)27-26(29)23-14-10-20(11-15-23)18-28-17-16-22-6-4-5-7-25(22)28/h4-15,24H,3,16-18H2,1-2H3,(H,27,29)/t24-/m0/s1. The van der Waals surface area contributed by atoms with E-state index >= 15 is 0 Å². The Morgan fingerprint density at radius 1 is 1.00 bits per heavy atom. The topological polar surface area (TPSA) is 32.3 Å². The molecule has 0 aliphatic carbocycles. The second-order valence-electron chi connectivity index (χ2n) is 7.84. The minimum absolute atomic E-state index is 0.0181. The zero-order valence-electron chi connectivity index (χ0n) is 17.2. The van der Waals surface area contributed by atoms with Crippen molar-refractivity contribution in [2.45, 2.75) is 39.3 Å². The highest BCUT2D eigenvalue weighted by Gasteiger charge is 2.18. The van der Waals surface area contributed by atoms with Crippen molar-refractivity contribution >= 4 is 11.6 Å². The van der Waals surface area contributed by atoms with Crippen LogP contribution >= 0.6 is 0 Å². The van der Waals surface area contributed by atoms with E-state index in [0.717, 1.165) is 31.5 Å². The third kappa shape index (κ3) is 4.34. The van der Waals surface area contributed by atoms with Gasteiger partial charge in [0, 0.05) is 24.3 Å². The van der Waals surface area contributed by atoms with Gasteiger partial charge in [-0.2, -0.15) is 0 Å². The predicted octanol–water partition coefficient (Wildman–Crippen LogP) is 5.44. The van der Waals surface area contributed by atoms with Gasteiger partial charge in [0.1, 0.15) is 0 Å². The fourth-order valence-corrected chi connectivity index (χ4v) is 4.01. The lowest BCUT2D eigenvalue weighted by Crippen LogP contribution is -2.28. The van der Waals surface area contributed by atoms with Crippen LogP contribution in [0.5, 0.6) is 0 Å². The largest absolute Gasteiger partial charge is 0.367 e. The summed E-state index contributed by atoms with van der Waals surface area (Å²) < 4.78 is 0. The van der Waals surface area contributed by atoms with Crippen LogP contribution in [-0.4, -0.2) is 12.5 Å². The summed E-state index contributed by atoms with van der Waals surface area (Å²) in [4.78, 5) is 15.2. The SMILES string of the molecule is CC[C@H](NC(=O)c1ccc(CN2CCc3ccccc32)cc1)c1ccc(C)cc1. The van der Waals surface area contributed by atoms with Gasteiger partial charge in [-0.05, 0) is 54.7 Å². The number of amides is 1. The van der Waals surface area contributed by atoms with Gasteiger partial charge >= 0.3 is 0 Å². The number of para-hydroxylation sites is 1. The van der Waals surface area contributed by atoms with Gasteiger partial charge in [-0.1, -0.05) is 67.1 Å². The first-order valence-corrected chi connectivity index (χ1v) is 10.4. The van der Waals surface area contributed by atoms with Crippen LogP contribution < -0.4 is 10.2 Å². The average molecular weight is 385 g/mol. The van der Waals surface area contributed by atoms with Crippen molar-refractivity contribution in [3.05, 3.63) is 101 Å². The molecule has 3 aromatic carbocycles. The van der Waals surface area contributed by atoms with Crippen LogP contribution in [0.3, 0.4) is 0 Å². The fourth-order valence-electron chi connectivity index (χ4n) is 4.01. The van der Waals surface area contributed by atoms with Crippen LogP contribution in [0, 0.1) is 6.92 Å². The number of carbonyl (C=O) groups excluding carboxylic acids is 1. The number of aryl methyl sites for hydroxylation is 1. The zero-order valence-corrected chi connectivity index (χ0v) is 17.2. The van der Waals surface area contributed by atoms with E-state index in [-0.39, 0.29) is 11.9 Å². The molecule has 3 nitrogen and oxygen atoms in total. The lowest BCUT2D eigenvalue weighted by atomic mass is 10.0. The monoisotopic (exact) mass is 384 g/mol. The molecule has 0 saturated heterocycles. The maximum atomic E-state index is 12.8. The summed E-state index contributed by atoms with van der Waals surface area (Å²) in [6.45, 7) is 6.10. The summed E-state index contributed by atoms with van der Waals surface area (Å²) >= 11 is 0. The second-order valence-corrected chi connectivity index (χ2v) is 7.84. The quantitative estimate of drug-likeness (QED) is 0.614. The van der Waals surface area contributed by atoms with Crippen LogP contribution in [0.25, 0.3) is 0 Å². The molecule has 0 spiro atoms. The van der Waals surface area contributed by atoms with E-state index < -0.39 is 0 Å². The third-order valence-corrected chi connectivity index (χ3v) is 5.77. The van der Waals surface area contributed by atoms with Crippen LogP contribution in [0.2, 0.25) is 0 Å². The molecule has 3 aromatic rings. The number of fused-ring (bicyclic) bond motifs is 1. The highest BCUT2D eigenvalue weighted by Crippen LogP contribution is 2.28. The van der Waals surface area contributed by atoms with Crippen LogP contribution in [0.15, 0.2) is 72.8 Å². The van der Waals surface area contributed by atoms with Crippen molar-refractivity contribution < 1.29 is 4.79 Å². The van der Waals surface area contributed by atoms with Gasteiger partial charge in [-0.15, -0.1) is 0 Å². The molecule has 1 aliphatic rings. The summed E-state index contributed by atoms with van der Waals surface area (Å²) in [6.07, 6.45) is 1.97. The van der Waals surface area contributed by atoms with E-state index in [0.29, 0.717) is 5.56 Å². The predicted molar refractivity (Wildman–Crippen MR) is 119 cm³/mol. The number of benzene rings is 3. The molecular weight excluding hydrogens is 356 g/mol. The number of carbonyl (C=O) groups is 1. The lowest BCUT2D eigenvalue weighted by Gasteiger charge is -2.20. The van der Waals surface area contributed by atoms with Crippen molar-refractivity contribution in [2.24, 2.45) is 0 Å². The Balaban J connectivity index is 1.41. The van der Waals surface area contributed by atoms with E-state index in [9.17, 15) is 4.79 Å². The van der Waals surface area contributed by atoms with Crippen LogP contribution in [0.4, 0.5) is 5.69 Å². The molecule has 3 heteroatoms. The molecule has 1 amide bonds. The fraction of sp³-hybridized carbons (Fsp3) is 0.269. The Bertz CT molecular complexity index is 976. The molecule has 0 fully saturated rings. The number of anilines is 1. The van der Waals surface area contributed by atoms with E-state index in [1.807, 2.05) is 12.1 Å². The molecule has 1 atom stereocenters. The van der Waals surface area contributed by atoms with Crippen molar-refractivity contribution in [3.63, 3.8) is 0 Å². The number of hydrogen-bond acceptors (Lipinski definition) is 2. The molecule has 148 valence electrons. The van der Waals surface area contributed by atoms with Gasteiger partial charge in [0.15, 0.2) is 0 Å².